The molecule has 4 nitrogen and oxygen atoms in total. The number of methoxy groups -OCH3 is 1. The first-order valence-electron chi connectivity index (χ1n) is 8.16. The van der Waals surface area contributed by atoms with Crippen molar-refractivity contribution in [2.24, 2.45) is 0 Å². The number of hydrogen-bond acceptors (Lipinski definition) is 3. The van der Waals surface area contributed by atoms with Crippen LogP contribution in [0.1, 0.15) is 35.8 Å². The van der Waals surface area contributed by atoms with Gasteiger partial charge in [0.2, 0.25) is 5.91 Å². The van der Waals surface area contributed by atoms with Crippen molar-refractivity contribution in [3.8, 4) is 0 Å². The van der Waals surface area contributed by atoms with Gasteiger partial charge in [0.1, 0.15) is 6.61 Å². The minimum Gasteiger partial charge on any atom is -0.375 e. The number of halogens is 1. The van der Waals surface area contributed by atoms with Crippen LogP contribution in [0.15, 0.2) is 42.5 Å². The normalized spacial score (nSPS) is 17.2. The molecule has 0 spiro atoms. The molecule has 0 saturated carbocycles. The van der Waals surface area contributed by atoms with E-state index in [9.17, 15) is 4.79 Å². The Morgan fingerprint density at radius 3 is 2.83 bits per heavy atom. The van der Waals surface area contributed by atoms with Crippen molar-refractivity contribution in [3.63, 3.8) is 0 Å². The summed E-state index contributed by atoms with van der Waals surface area (Å²) in [5, 5.41) is 0.735. The highest BCUT2D eigenvalue weighted by Gasteiger charge is 2.30. The van der Waals surface area contributed by atoms with Crippen molar-refractivity contribution in [1.82, 2.24) is 9.88 Å². The van der Waals surface area contributed by atoms with E-state index < -0.39 is 0 Å². The molecule has 1 amide bonds. The quantitative estimate of drug-likeness (QED) is 0.831. The van der Waals surface area contributed by atoms with Gasteiger partial charge in [-0.1, -0.05) is 29.8 Å². The Balaban J connectivity index is 1.77. The van der Waals surface area contributed by atoms with Gasteiger partial charge in [-0.3, -0.25) is 9.78 Å². The Bertz CT molecular complexity index is 703. The number of hydrogen-bond donors (Lipinski definition) is 0. The summed E-state index contributed by atoms with van der Waals surface area (Å²) in [6.07, 6.45) is 2.71. The molecular formula is C19H21ClN2O2. The zero-order valence-corrected chi connectivity index (χ0v) is 14.5. The Labute approximate surface area is 147 Å². The predicted molar refractivity (Wildman–Crippen MR) is 94.1 cm³/mol. The lowest BCUT2D eigenvalue weighted by atomic mass is 10.1. The topological polar surface area (TPSA) is 42.4 Å². The van der Waals surface area contributed by atoms with Gasteiger partial charge in [0, 0.05) is 30.8 Å². The summed E-state index contributed by atoms with van der Waals surface area (Å²) < 4.78 is 4.99. The summed E-state index contributed by atoms with van der Waals surface area (Å²) in [5.41, 5.74) is 3.13. The lowest BCUT2D eigenvalue weighted by molar-refractivity contribution is -0.136. The molecule has 1 aromatic heterocycles. The molecule has 0 radical (unpaired) electrons. The lowest BCUT2D eigenvalue weighted by Crippen LogP contribution is -2.33. The standard InChI is InChI=1S/C19H21ClN2O2/c1-24-13-19(23)22-11-3-6-18(22)17-5-2-4-16(21-17)12-14-7-9-15(20)10-8-14/h2,4-5,7-10,18H,3,6,11-13H2,1H3/t18-/m1/s1. The molecule has 5 heteroatoms. The molecule has 24 heavy (non-hydrogen) atoms. The highest BCUT2D eigenvalue weighted by atomic mass is 35.5. The summed E-state index contributed by atoms with van der Waals surface area (Å²) >= 11 is 5.93. The first-order valence-corrected chi connectivity index (χ1v) is 8.54. The summed E-state index contributed by atoms with van der Waals surface area (Å²) in [5.74, 6) is 0.0323. The molecule has 0 N–H and O–H groups in total. The van der Waals surface area contributed by atoms with Gasteiger partial charge in [-0.15, -0.1) is 0 Å². The van der Waals surface area contributed by atoms with Gasteiger partial charge in [-0.25, -0.2) is 0 Å². The summed E-state index contributed by atoms with van der Waals surface area (Å²) in [6, 6.07) is 13.9. The number of nitrogens with zero attached hydrogens (tertiary/aromatic N) is 2. The zero-order chi connectivity index (χ0) is 16.9. The fourth-order valence-corrected chi connectivity index (χ4v) is 3.30. The molecule has 1 aliphatic rings. The maximum atomic E-state index is 12.2. The van der Waals surface area contributed by atoms with E-state index in [0.717, 1.165) is 42.2 Å². The second-order valence-corrected chi connectivity index (χ2v) is 6.47. The van der Waals surface area contributed by atoms with E-state index in [-0.39, 0.29) is 18.6 Å². The van der Waals surface area contributed by atoms with E-state index >= 15 is 0 Å². The van der Waals surface area contributed by atoms with Crippen LogP contribution in [0.5, 0.6) is 0 Å². The second kappa shape index (κ2) is 7.77. The maximum Gasteiger partial charge on any atom is 0.249 e. The van der Waals surface area contributed by atoms with Crippen LogP contribution in [0.25, 0.3) is 0 Å². The smallest absolute Gasteiger partial charge is 0.249 e. The molecule has 1 aliphatic heterocycles. The van der Waals surface area contributed by atoms with Crippen LogP contribution in [-0.4, -0.2) is 36.1 Å². The highest BCUT2D eigenvalue weighted by molar-refractivity contribution is 6.30. The lowest BCUT2D eigenvalue weighted by Gasteiger charge is -2.24. The van der Waals surface area contributed by atoms with Gasteiger partial charge in [0.25, 0.3) is 0 Å². The van der Waals surface area contributed by atoms with Gasteiger partial charge in [0.05, 0.1) is 11.7 Å². The molecule has 1 atom stereocenters. The van der Waals surface area contributed by atoms with Gasteiger partial charge >= 0.3 is 0 Å². The van der Waals surface area contributed by atoms with Crippen molar-refractivity contribution >= 4 is 17.5 Å². The Kier molecular flexibility index (Phi) is 5.48. The van der Waals surface area contributed by atoms with E-state index in [4.69, 9.17) is 21.3 Å². The van der Waals surface area contributed by atoms with Crippen LogP contribution in [0.2, 0.25) is 5.02 Å². The van der Waals surface area contributed by atoms with Crippen LogP contribution < -0.4 is 0 Å². The van der Waals surface area contributed by atoms with Gasteiger partial charge < -0.3 is 9.64 Å². The minimum absolute atomic E-state index is 0.0323. The van der Waals surface area contributed by atoms with Crippen molar-refractivity contribution in [3.05, 3.63) is 64.4 Å². The van der Waals surface area contributed by atoms with Crippen LogP contribution in [0.4, 0.5) is 0 Å². The summed E-state index contributed by atoms with van der Waals surface area (Å²) in [4.78, 5) is 18.9. The van der Waals surface area contributed by atoms with Crippen LogP contribution in [-0.2, 0) is 16.0 Å². The van der Waals surface area contributed by atoms with Crippen LogP contribution in [0.3, 0.4) is 0 Å². The monoisotopic (exact) mass is 344 g/mol. The number of pyridine rings is 1. The first-order chi connectivity index (χ1) is 11.7. The van der Waals surface area contributed by atoms with E-state index in [1.807, 2.05) is 47.4 Å². The molecular weight excluding hydrogens is 324 g/mol. The molecule has 2 heterocycles. The fraction of sp³-hybridized carbons (Fsp3) is 0.368. The number of carbonyl (C=O) groups excluding carboxylic acids is 1. The van der Waals surface area contributed by atoms with Crippen molar-refractivity contribution in [1.29, 1.82) is 0 Å². The second-order valence-electron chi connectivity index (χ2n) is 6.04. The molecule has 2 aromatic rings. The number of aromatic nitrogens is 1. The van der Waals surface area contributed by atoms with Crippen molar-refractivity contribution < 1.29 is 9.53 Å². The first kappa shape index (κ1) is 16.9. The fourth-order valence-electron chi connectivity index (χ4n) is 3.17. The summed E-state index contributed by atoms with van der Waals surface area (Å²) in [7, 11) is 1.55. The van der Waals surface area contributed by atoms with Gasteiger partial charge in [-0.05, 0) is 42.7 Å². The van der Waals surface area contributed by atoms with E-state index in [1.54, 1.807) is 7.11 Å². The number of carbonyl (C=O) groups is 1. The average molecular weight is 345 g/mol. The molecule has 0 aliphatic carbocycles. The molecule has 126 valence electrons. The Morgan fingerprint density at radius 1 is 1.29 bits per heavy atom. The molecule has 0 bridgehead atoms. The summed E-state index contributed by atoms with van der Waals surface area (Å²) in [6.45, 7) is 0.900. The third-order valence-electron chi connectivity index (χ3n) is 4.31. The highest BCUT2D eigenvalue weighted by Crippen LogP contribution is 2.31. The van der Waals surface area contributed by atoms with Gasteiger partial charge in [0.15, 0.2) is 0 Å². The van der Waals surface area contributed by atoms with E-state index in [0.29, 0.717) is 0 Å². The molecule has 0 unspecified atom stereocenters. The number of amides is 1. The third-order valence-corrected chi connectivity index (χ3v) is 4.56. The van der Waals surface area contributed by atoms with Crippen LogP contribution >= 0.6 is 11.6 Å². The predicted octanol–water partition coefficient (Wildman–Crippen LogP) is 3.64. The Hall–Kier alpha value is -1.91. The Morgan fingerprint density at radius 2 is 2.08 bits per heavy atom. The van der Waals surface area contributed by atoms with Gasteiger partial charge in [-0.2, -0.15) is 0 Å². The zero-order valence-electron chi connectivity index (χ0n) is 13.7. The van der Waals surface area contributed by atoms with E-state index in [2.05, 4.69) is 0 Å². The van der Waals surface area contributed by atoms with E-state index in [1.165, 1.54) is 5.56 Å². The number of benzene rings is 1. The minimum atomic E-state index is 0.0323. The van der Waals surface area contributed by atoms with Crippen LogP contribution in [0, 0.1) is 0 Å². The third kappa shape index (κ3) is 3.94. The van der Waals surface area contributed by atoms with Crippen molar-refractivity contribution in [2.45, 2.75) is 25.3 Å². The van der Waals surface area contributed by atoms with Crippen molar-refractivity contribution in [2.75, 3.05) is 20.3 Å². The molecule has 1 aromatic carbocycles. The maximum absolute atomic E-state index is 12.2. The number of ether oxygens (including phenoxy) is 1. The number of likely N-dealkylation sites (tertiary alicyclic amines) is 1. The molecule has 1 saturated heterocycles. The number of rotatable bonds is 5. The molecule has 3 rings (SSSR count). The average Bonchev–Trinajstić information content (AvgIpc) is 3.07. The molecule has 1 fully saturated rings. The SMILES string of the molecule is COCC(=O)N1CCC[C@@H]1c1cccc(Cc2ccc(Cl)cc2)n1. The largest absolute Gasteiger partial charge is 0.375 e.